The number of anilines is 1. The average molecular weight is 444 g/mol. The number of rotatable bonds is 4. The van der Waals surface area contributed by atoms with Crippen molar-refractivity contribution in [2.75, 3.05) is 31.1 Å². The Morgan fingerprint density at radius 2 is 1.70 bits per heavy atom. The molecule has 0 bridgehead atoms. The normalized spacial score (nSPS) is 17.7. The molecule has 9 nitrogen and oxygen atoms in total. The van der Waals surface area contributed by atoms with Gasteiger partial charge in [0.2, 0.25) is 17.8 Å². The number of amides is 2. The van der Waals surface area contributed by atoms with Crippen LogP contribution in [-0.2, 0) is 9.59 Å². The molecule has 0 spiro atoms. The second-order valence-electron chi connectivity index (χ2n) is 8.18. The summed E-state index contributed by atoms with van der Waals surface area (Å²) < 4.78 is 1.72. The first-order valence-electron chi connectivity index (χ1n) is 11.0. The molecule has 5 rings (SSSR count). The minimum Gasteiger partial charge on any atom is -0.339 e. The molecule has 168 valence electrons. The Bertz CT molecular complexity index is 1180. The molecule has 0 radical (unpaired) electrons. The molecule has 1 saturated heterocycles. The molecule has 1 fully saturated rings. The van der Waals surface area contributed by atoms with Crippen molar-refractivity contribution in [3.63, 3.8) is 0 Å². The van der Waals surface area contributed by atoms with E-state index in [0.717, 1.165) is 16.8 Å². The zero-order chi connectivity index (χ0) is 22.8. The molecule has 33 heavy (non-hydrogen) atoms. The molecule has 0 aliphatic carbocycles. The predicted octanol–water partition coefficient (Wildman–Crippen LogP) is 2.28. The summed E-state index contributed by atoms with van der Waals surface area (Å²) in [5.41, 5.74) is 2.94. The lowest BCUT2D eigenvalue weighted by molar-refractivity contribution is -0.134. The Morgan fingerprint density at radius 1 is 0.970 bits per heavy atom. The Morgan fingerprint density at radius 3 is 2.45 bits per heavy atom. The minimum absolute atomic E-state index is 0.0404. The van der Waals surface area contributed by atoms with Crippen molar-refractivity contribution < 1.29 is 9.59 Å². The number of aromatic nitrogens is 4. The maximum atomic E-state index is 13.2. The molecular weight excluding hydrogens is 418 g/mol. The van der Waals surface area contributed by atoms with E-state index in [1.165, 1.54) is 6.92 Å². The smallest absolute Gasteiger partial charge is 0.250 e. The number of tetrazole rings is 1. The summed E-state index contributed by atoms with van der Waals surface area (Å²) in [7, 11) is 0. The summed E-state index contributed by atoms with van der Waals surface area (Å²) in [6, 6.07) is 17.4. The fraction of sp³-hybridized carbons (Fsp3) is 0.292. The van der Waals surface area contributed by atoms with Gasteiger partial charge in [-0.05, 0) is 39.8 Å². The van der Waals surface area contributed by atoms with E-state index in [1.54, 1.807) is 15.8 Å². The molecule has 9 heteroatoms. The van der Waals surface area contributed by atoms with Crippen molar-refractivity contribution in [3.8, 4) is 5.69 Å². The summed E-state index contributed by atoms with van der Waals surface area (Å²) in [6.07, 6.45) is 3.96. The monoisotopic (exact) mass is 443 g/mol. The maximum absolute atomic E-state index is 13.2. The Balaban J connectivity index is 1.27. The molecule has 3 aromatic rings. The molecule has 0 saturated carbocycles. The van der Waals surface area contributed by atoms with Gasteiger partial charge in [-0.15, -0.1) is 0 Å². The number of para-hydroxylation sites is 1. The van der Waals surface area contributed by atoms with Gasteiger partial charge in [0.1, 0.15) is 0 Å². The number of hydrogen-bond donors (Lipinski definition) is 0. The van der Waals surface area contributed by atoms with Crippen molar-refractivity contribution in [1.82, 2.24) is 30.0 Å². The fourth-order valence-electron chi connectivity index (χ4n) is 4.48. The number of benzene rings is 2. The van der Waals surface area contributed by atoms with Crippen molar-refractivity contribution in [1.29, 1.82) is 0 Å². The molecule has 2 aromatic carbocycles. The predicted molar refractivity (Wildman–Crippen MR) is 123 cm³/mol. The lowest BCUT2D eigenvalue weighted by Gasteiger charge is -2.37. The quantitative estimate of drug-likeness (QED) is 0.615. The average Bonchev–Trinajstić information content (AvgIpc) is 3.35. The second-order valence-corrected chi connectivity index (χ2v) is 8.18. The van der Waals surface area contributed by atoms with Gasteiger partial charge in [-0.3, -0.25) is 9.59 Å². The minimum atomic E-state index is -0.292. The van der Waals surface area contributed by atoms with Crippen LogP contribution in [0.5, 0.6) is 0 Å². The number of carbonyl (C=O) groups excluding carboxylic acids is 2. The first kappa shape index (κ1) is 20.9. The van der Waals surface area contributed by atoms with Gasteiger partial charge in [0.25, 0.3) is 0 Å². The second kappa shape index (κ2) is 8.85. The molecule has 2 aliphatic rings. The third-order valence-corrected chi connectivity index (χ3v) is 6.21. The topological polar surface area (TPSA) is 87.5 Å². The van der Waals surface area contributed by atoms with Crippen LogP contribution in [0, 0.1) is 0 Å². The first-order chi connectivity index (χ1) is 16.1. The highest BCUT2D eigenvalue weighted by Crippen LogP contribution is 2.33. The van der Waals surface area contributed by atoms with Crippen LogP contribution < -0.4 is 4.90 Å². The fourth-order valence-corrected chi connectivity index (χ4v) is 4.48. The number of fused-ring (bicyclic) bond motifs is 1. The van der Waals surface area contributed by atoms with E-state index in [1.807, 2.05) is 65.6 Å². The van der Waals surface area contributed by atoms with Crippen molar-refractivity contribution in [2.45, 2.75) is 19.4 Å². The van der Waals surface area contributed by atoms with Gasteiger partial charge < -0.3 is 14.7 Å². The third kappa shape index (κ3) is 4.09. The van der Waals surface area contributed by atoms with E-state index in [2.05, 4.69) is 20.4 Å². The van der Waals surface area contributed by atoms with Gasteiger partial charge in [0.05, 0.1) is 18.2 Å². The number of hydrogen-bond acceptors (Lipinski definition) is 6. The Hall–Kier alpha value is -4.01. The van der Waals surface area contributed by atoms with E-state index in [4.69, 9.17) is 0 Å². The van der Waals surface area contributed by atoms with E-state index < -0.39 is 0 Å². The zero-order valence-corrected chi connectivity index (χ0v) is 18.4. The van der Waals surface area contributed by atoms with Crippen LogP contribution in [0.4, 0.5) is 5.95 Å². The van der Waals surface area contributed by atoms with E-state index >= 15 is 0 Å². The van der Waals surface area contributed by atoms with Gasteiger partial charge in [-0.2, -0.15) is 4.68 Å². The molecule has 2 amide bonds. The van der Waals surface area contributed by atoms with Crippen LogP contribution in [0.1, 0.15) is 30.5 Å². The van der Waals surface area contributed by atoms with Crippen LogP contribution in [0.2, 0.25) is 0 Å². The molecule has 3 heterocycles. The van der Waals surface area contributed by atoms with Gasteiger partial charge in [0, 0.05) is 39.3 Å². The molecule has 1 unspecified atom stereocenters. The van der Waals surface area contributed by atoms with Crippen molar-refractivity contribution >= 4 is 23.8 Å². The Kier molecular flexibility index (Phi) is 5.60. The summed E-state index contributed by atoms with van der Waals surface area (Å²) in [5, 5.41) is 12.2. The largest absolute Gasteiger partial charge is 0.339 e. The molecule has 0 N–H and O–H groups in total. The van der Waals surface area contributed by atoms with Crippen LogP contribution in [0.15, 0.2) is 60.8 Å². The van der Waals surface area contributed by atoms with Crippen LogP contribution in [0.3, 0.4) is 0 Å². The molecule has 1 aromatic heterocycles. The highest BCUT2D eigenvalue weighted by atomic mass is 16.2. The van der Waals surface area contributed by atoms with Crippen LogP contribution in [-0.4, -0.2) is 68.0 Å². The maximum Gasteiger partial charge on any atom is 0.250 e. The van der Waals surface area contributed by atoms with E-state index in [0.29, 0.717) is 32.1 Å². The summed E-state index contributed by atoms with van der Waals surface area (Å²) >= 11 is 0. The van der Waals surface area contributed by atoms with Crippen LogP contribution in [0.25, 0.3) is 11.8 Å². The number of piperazine rings is 1. The first-order valence-corrected chi connectivity index (χ1v) is 11.0. The lowest BCUT2D eigenvalue weighted by Crippen LogP contribution is -2.50. The standard InChI is InChI=1S/C24H25N7O2/c1-18(32)30-12-11-19-7-5-6-10-21(19)22(30)17-23(33)28-13-15-29(16-14-28)24-25-26-27-31(24)20-8-3-2-4-9-20/h2-12,22H,13-17H2,1H3. The molecule has 1 atom stereocenters. The SMILES string of the molecule is CC(=O)N1C=Cc2ccccc2C1CC(=O)N1CCN(c2nnnn2-c2ccccc2)CC1. The summed E-state index contributed by atoms with van der Waals surface area (Å²) in [5.74, 6) is 0.636. The van der Waals surface area contributed by atoms with Crippen molar-refractivity contribution in [3.05, 3.63) is 71.9 Å². The van der Waals surface area contributed by atoms with Crippen LogP contribution >= 0.6 is 0 Å². The van der Waals surface area contributed by atoms with Gasteiger partial charge in [-0.1, -0.05) is 47.6 Å². The third-order valence-electron chi connectivity index (χ3n) is 6.21. The summed E-state index contributed by atoms with van der Waals surface area (Å²) in [4.78, 5) is 31.1. The van der Waals surface area contributed by atoms with Gasteiger partial charge in [-0.25, -0.2) is 0 Å². The number of nitrogens with zero attached hydrogens (tertiary/aromatic N) is 7. The molecule has 2 aliphatic heterocycles. The Labute approximate surface area is 191 Å². The van der Waals surface area contributed by atoms with Crippen molar-refractivity contribution in [2.24, 2.45) is 0 Å². The number of carbonyl (C=O) groups is 2. The highest BCUT2D eigenvalue weighted by molar-refractivity contribution is 5.82. The summed E-state index contributed by atoms with van der Waals surface area (Å²) in [6.45, 7) is 3.95. The van der Waals surface area contributed by atoms with E-state index in [9.17, 15) is 9.59 Å². The van der Waals surface area contributed by atoms with Gasteiger partial charge in [0.15, 0.2) is 0 Å². The highest BCUT2D eigenvalue weighted by Gasteiger charge is 2.31. The lowest BCUT2D eigenvalue weighted by atomic mass is 9.93. The molecular formula is C24H25N7O2. The zero-order valence-electron chi connectivity index (χ0n) is 18.4. The van der Waals surface area contributed by atoms with Gasteiger partial charge >= 0.3 is 0 Å². The van der Waals surface area contributed by atoms with E-state index in [-0.39, 0.29) is 24.3 Å².